The molecule has 1 aromatic carbocycles. The van der Waals surface area contributed by atoms with Gasteiger partial charge in [0, 0.05) is 12.1 Å². The molecule has 2 rings (SSSR count). The third kappa shape index (κ3) is 4.76. The summed E-state index contributed by atoms with van der Waals surface area (Å²) in [4.78, 5) is 4.17. The summed E-state index contributed by atoms with van der Waals surface area (Å²) in [5.41, 5.74) is 2.17. The van der Waals surface area contributed by atoms with Crippen LogP contribution in [0.2, 0.25) is 0 Å². The predicted molar refractivity (Wildman–Crippen MR) is 79.4 cm³/mol. The van der Waals surface area contributed by atoms with Crippen LogP contribution in [-0.4, -0.2) is 10.9 Å². The molecule has 0 bridgehead atoms. The highest BCUT2D eigenvalue weighted by Crippen LogP contribution is 2.14. The van der Waals surface area contributed by atoms with Crippen LogP contribution in [0.1, 0.15) is 17.5 Å². The second kappa shape index (κ2) is 7.59. The Morgan fingerprint density at radius 2 is 2.00 bits per heavy atom. The topological polar surface area (TPSA) is 22.1 Å². The van der Waals surface area contributed by atoms with Gasteiger partial charge in [0.15, 0.2) is 0 Å². The molecule has 19 heavy (non-hydrogen) atoms. The number of hydrogen-bond donors (Lipinski definition) is 0. The summed E-state index contributed by atoms with van der Waals surface area (Å²) in [5, 5.41) is 0. The number of aromatic nitrogens is 1. The Hall–Kier alpha value is -1.80. The summed E-state index contributed by atoms with van der Waals surface area (Å²) in [5.74, 6) is 1.41. The predicted octanol–water partition coefficient (Wildman–Crippen LogP) is 4.30. The highest BCUT2D eigenvalue weighted by atomic mass is 35.5. The van der Waals surface area contributed by atoms with Gasteiger partial charge < -0.3 is 4.74 Å². The zero-order chi connectivity index (χ0) is 13.3. The van der Waals surface area contributed by atoms with Crippen LogP contribution in [0.5, 0.6) is 5.75 Å². The quantitative estimate of drug-likeness (QED) is 0.732. The van der Waals surface area contributed by atoms with E-state index < -0.39 is 0 Å². The minimum absolute atomic E-state index is 0.553. The molecule has 0 amide bonds. The molecule has 0 N–H and O–H groups in total. The van der Waals surface area contributed by atoms with E-state index in [4.69, 9.17) is 16.3 Å². The fraction of sp³-hybridized carbons (Fsp3) is 0.188. The van der Waals surface area contributed by atoms with Crippen LogP contribution < -0.4 is 4.74 Å². The van der Waals surface area contributed by atoms with Gasteiger partial charge >= 0.3 is 0 Å². The van der Waals surface area contributed by atoms with E-state index in [1.165, 1.54) is 0 Å². The SMILES string of the molecule is ClCCC=Cc1cncc(OCc2ccccc2)c1. The van der Waals surface area contributed by atoms with Crippen LogP contribution in [0.15, 0.2) is 54.9 Å². The van der Waals surface area contributed by atoms with Crippen molar-refractivity contribution in [1.29, 1.82) is 0 Å². The number of hydrogen-bond acceptors (Lipinski definition) is 2. The van der Waals surface area contributed by atoms with Crippen LogP contribution in [0.25, 0.3) is 6.08 Å². The van der Waals surface area contributed by atoms with Crippen molar-refractivity contribution in [2.24, 2.45) is 0 Å². The van der Waals surface area contributed by atoms with Gasteiger partial charge in [-0.3, -0.25) is 4.98 Å². The van der Waals surface area contributed by atoms with Gasteiger partial charge in [0.1, 0.15) is 12.4 Å². The summed E-state index contributed by atoms with van der Waals surface area (Å²) >= 11 is 5.63. The van der Waals surface area contributed by atoms with Crippen LogP contribution >= 0.6 is 11.6 Å². The van der Waals surface area contributed by atoms with Crippen LogP contribution in [0.4, 0.5) is 0 Å². The van der Waals surface area contributed by atoms with E-state index >= 15 is 0 Å². The Morgan fingerprint density at radius 3 is 2.79 bits per heavy atom. The number of rotatable bonds is 6. The first kappa shape index (κ1) is 13.6. The maximum absolute atomic E-state index is 5.72. The molecule has 0 radical (unpaired) electrons. The minimum Gasteiger partial charge on any atom is -0.487 e. The number of allylic oxidation sites excluding steroid dienone is 1. The minimum atomic E-state index is 0.553. The molecule has 0 aliphatic rings. The molecule has 0 saturated heterocycles. The van der Waals surface area contributed by atoms with Gasteiger partial charge in [0.25, 0.3) is 0 Å². The summed E-state index contributed by atoms with van der Waals surface area (Å²) in [6.07, 6.45) is 8.42. The van der Waals surface area contributed by atoms with Gasteiger partial charge in [0.05, 0.1) is 6.20 Å². The van der Waals surface area contributed by atoms with E-state index in [0.717, 1.165) is 23.3 Å². The van der Waals surface area contributed by atoms with E-state index in [9.17, 15) is 0 Å². The largest absolute Gasteiger partial charge is 0.487 e. The number of alkyl halides is 1. The van der Waals surface area contributed by atoms with Crippen molar-refractivity contribution in [1.82, 2.24) is 4.98 Å². The Balaban J connectivity index is 1.95. The summed E-state index contributed by atoms with van der Waals surface area (Å²) in [6.45, 7) is 0.553. The van der Waals surface area contributed by atoms with Gasteiger partial charge in [-0.1, -0.05) is 42.5 Å². The number of ether oxygens (including phenoxy) is 1. The molecule has 0 spiro atoms. The van der Waals surface area contributed by atoms with E-state index in [2.05, 4.69) is 4.98 Å². The third-order valence-corrected chi connectivity index (χ3v) is 2.79. The van der Waals surface area contributed by atoms with Gasteiger partial charge in [-0.25, -0.2) is 0 Å². The lowest BCUT2D eigenvalue weighted by atomic mass is 10.2. The molecule has 1 aromatic heterocycles. The maximum Gasteiger partial charge on any atom is 0.138 e. The average Bonchev–Trinajstić information content (AvgIpc) is 2.47. The molecule has 98 valence electrons. The molecule has 3 heteroatoms. The molecule has 2 aromatic rings. The lowest BCUT2D eigenvalue weighted by molar-refractivity contribution is 0.305. The second-order valence-electron chi connectivity index (χ2n) is 4.11. The van der Waals surface area contributed by atoms with Crippen molar-refractivity contribution < 1.29 is 4.74 Å². The van der Waals surface area contributed by atoms with Gasteiger partial charge in [-0.15, -0.1) is 11.6 Å². The van der Waals surface area contributed by atoms with Crippen LogP contribution in [-0.2, 0) is 6.61 Å². The molecule has 0 aliphatic carbocycles. The van der Waals surface area contributed by atoms with E-state index in [1.54, 1.807) is 12.4 Å². The number of halogens is 1. The lowest BCUT2D eigenvalue weighted by Crippen LogP contribution is -1.95. The maximum atomic E-state index is 5.72. The molecule has 0 aliphatic heterocycles. The summed E-state index contributed by atoms with van der Waals surface area (Å²) in [7, 11) is 0. The number of benzene rings is 1. The molecular formula is C16H16ClNO. The van der Waals surface area contributed by atoms with Gasteiger partial charge in [0.2, 0.25) is 0 Å². The first-order valence-electron chi connectivity index (χ1n) is 6.23. The monoisotopic (exact) mass is 273 g/mol. The molecule has 1 heterocycles. The van der Waals surface area contributed by atoms with Crippen molar-refractivity contribution in [3.05, 3.63) is 66.0 Å². The summed E-state index contributed by atoms with van der Waals surface area (Å²) in [6, 6.07) is 12.0. The average molecular weight is 274 g/mol. The molecule has 0 unspecified atom stereocenters. The fourth-order valence-corrected chi connectivity index (χ4v) is 1.75. The zero-order valence-corrected chi connectivity index (χ0v) is 11.4. The van der Waals surface area contributed by atoms with Crippen molar-refractivity contribution in [3.8, 4) is 5.75 Å². The van der Waals surface area contributed by atoms with E-state index in [0.29, 0.717) is 12.5 Å². The fourth-order valence-electron chi connectivity index (χ4n) is 1.63. The van der Waals surface area contributed by atoms with E-state index in [-0.39, 0.29) is 0 Å². The Morgan fingerprint density at radius 1 is 1.16 bits per heavy atom. The van der Waals surface area contributed by atoms with Crippen molar-refractivity contribution in [2.75, 3.05) is 5.88 Å². The van der Waals surface area contributed by atoms with Gasteiger partial charge in [-0.2, -0.15) is 0 Å². The Kier molecular flexibility index (Phi) is 5.45. The second-order valence-corrected chi connectivity index (χ2v) is 4.49. The smallest absolute Gasteiger partial charge is 0.138 e. The van der Waals surface area contributed by atoms with Crippen molar-refractivity contribution in [2.45, 2.75) is 13.0 Å². The zero-order valence-electron chi connectivity index (χ0n) is 10.6. The molecule has 0 fully saturated rings. The summed E-state index contributed by atoms with van der Waals surface area (Å²) < 4.78 is 5.72. The molecular weight excluding hydrogens is 258 g/mol. The van der Waals surface area contributed by atoms with Crippen molar-refractivity contribution in [3.63, 3.8) is 0 Å². The van der Waals surface area contributed by atoms with Crippen LogP contribution in [0.3, 0.4) is 0 Å². The molecule has 0 atom stereocenters. The standard InChI is InChI=1S/C16H16ClNO/c17-9-5-4-8-15-10-16(12-18-11-15)19-13-14-6-2-1-3-7-14/h1-4,6-8,10-12H,5,9,13H2. The first-order valence-corrected chi connectivity index (χ1v) is 6.76. The van der Waals surface area contributed by atoms with Crippen molar-refractivity contribution >= 4 is 17.7 Å². The molecule has 2 nitrogen and oxygen atoms in total. The first-order chi connectivity index (χ1) is 9.38. The van der Waals surface area contributed by atoms with Crippen LogP contribution in [0, 0.1) is 0 Å². The number of pyridine rings is 1. The Labute approximate surface area is 118 Å². The highest BCUT2D eigenvalue weighted by molar-refractivity contribution is 6.17. The third-order valence-electron chi connectivity index (χ3n) is 2.57. The highest BCUT2D eigenvalue weighted by Gasteiger charge is 1.97. The number of nitrogens with zero attached hydrogens (tertiary/aromatic N) is 1. The van der Waals surface area contributed by atoms with E-state index in [1.807, 2.05) is 48.6 Å². The lowest BCUT2D eigenvalue weighted by Gasteiger charge is -2.06. The van der Waals surface area contributed by atoms with Gasteiger partial charge in [-0.05, 0) is 23.6 Å². The molecule has 0 saturated carbocycles. The normalized spacial score (nSPS) is 10.8. The Bertz CT molecular complexity index is 525.